The number of piperidine rings is 1. The molecule has 1 N–H and O–H groups in total. The zero-order valence-corrected chi connectivity index (χ0v) is 18.7. The molecule has 7 heteroatoms. The normalized spacial score (nSPS) is 15.9. The van der Waals surface area contributed by atoms with E-state index >= 15 is 0 Å². The number of rotatable bonds is 8. The van der Waals surface area contributed by atoms with Crippen molar-refractivity contribution in [3.8, 4) is 17.1 Å². The summed E-state index contributed by atoms with van der Waals surface area (Å²) < 4.78 is 11.2. The summed E-state index contributed by atoms with van der Waals surface area (Å²) in [4.78, 5) is 19.4. The van der Waals surface area contributed by atoms with Gasteiger partial charge in [-0.15, -0.1) is 0 Å². The second-order valence-corrected chi connectivity index (χ2v) is 8.46. The molecule has 0 aliphatic carbocycles. The van der Waals surface area contributed by atoms with Crippen molar-refractivity contribution in [2.45, 2.75) is 39.3 Å². The van der Waals surface area contributed by atoms with E-state index in [1.165, 1.54) is 5.56 Å². The Kier molecular flexibility index (Phi) is 7.17. The van der Waals surface area contributed by atoms with Crippen LogP contribution in [0.4, 0.5) is 0 Å². The van der Waals surface area contributed by atoms with Crippen LogP contribution in [0.3, 0.4) is 0 Å². The minimum Gasteiger partial charge on any atom is -0.491 e. The maximum atomic E-state index is 12.7. The Hall–Kier alpha value is -3.19. The van der Waals surface area contributed by atoms with Crippen LogP contribution in [0.5, 0.6) is 5.75 Å². The Labute approximate surface area is 188 Å². The largest absolute Gasteiger partial charge is 0.491 e. The van der Waals surface area contributed by atoms with Crippen molar-refractivity contribution in [1.82, 2.24) is 20.4 Å². The zero-order valence-electron chi connectivity index (χ0n) is 18.7. The molecule has 1 aromatic heterocycles. The van der Waals surface area contributed by atoms with Crippen molar-refractivity contribution < 1.29 is 14.1 Å². The third kappa shape index (κ3) is 5.95. The number of nitrogens with one attached hydrogen (secondary N) is 1. The molecular formula is C25H30N4O3. The number of carbonyl (C=O) groups is 1. The number of benzene rings is 2. The first-order valence-electron chi connectivity index (χ1n) is 11.2. The number of nitrogens with zero attached hydrogens (tertiary/aromatic N) is 3. The molecule has 0 spiro atoms. The lowest BCUT2D eigenvalue weighted by Gasteiger charge is -2.30. The Bertz CT molecular complexity index is 996. The van der Waals surface area contributed by atoms with Gasteiger partial charge in [0, 0.05) is 11.5 Å². The van der Waals surface area contributed by atoms with Crippen molar-refractivity contribution in [3.05, 3.63) is 66.1 Å². The average Bonchev–Trinajstić information content (AvgIpc) is 3.28. The molecule has 32 heavy (non-hydrogen) atoms. The molecule has 168 valence electrons. The molecular weight excluding hydrogens is 404 g/mol. The third-order valence-electron chi connectivity index (χ3n) is 5.73. The summed E-state index contributed by atoms with van der Waals surface area (Å²) in [5.41, 5.74) is 2.14. The fraction of sp³-hybridized carbons (Fsp3) is 0.400. The fourth-order valence-electron chi connectivity index (χ4n) is 3.83. The van der Waals surface area contributed by atoms with Crippen LogP contribution >= 0.6 is 0 Å². The van der Waals surface area contributed by atoms with Crippen LogP contribution in [-0.2, 0) is 11.3 Å². The summed E-state index contributed by atoms with van der Waals surface area (Å²) >= 11 is 0. The summed E-state index contributed by atoms with van der Waals surface area (Å²) in [5, 5.41) is 7.18. The van der Waals surface area contributed by atoms with E-state index in [0.717, 1.165) is 37.2 Å². The molecule has 2 heterocycles. The van der Waals surface area contributed by atoms with Crippen LogP contribution in [0.2, 0.25) is 0 Å². The summed E-state index contributed by atoms with van der Waals surface area (Å²) in [6.45, 7) is 6.73. The van der Waals surface area contributed by atoms with Crippen molar-refractivity contribution in [1.29, 1.82) is 0 Å². The Balaban J connectivity index is 1.19. The number of aromatic nitrogens is 2. The molecule has 1 aliphatic heterocycles. The van der Waals surface area contributed by atoms with Crippen molar-refractivity contribution >= 4 is 5.91 Å². The first-order valence-corrected chi connectivity index (χ1v) is 11.2. The smallest absolute Gasteiger partial charge is 0.241 e. The van der Waals surface area contributed by atoms with Gasteiger partial charge in [0.2, 0.25) is 17.6 Å². The van der Waals surface area contributed by atoms with E-state index in [2.05, 4.69) is 20.4 Å². The summed E-state index contributed by atoms with van der Waals surface area (Å²) in [5.74, 6) is 2.16. The number of carbonyl (C=O) groups excluding carboxylic acids is 1. The van der Waals surface area contributed by atoms with Gasteiger partial charge in [-0.25, -0.2) is 0 Å². The molecule has 1 amide bonds. The Morgan fingerprint density at radius 2 is 1.88 bits per heavy atom. The molecule has 1 fully saturated rings. The molecule has 4 rings (SSSR count). The van der Waals surface area contributed by atoms with Gasteiger partial charge in [-0.05, 0) is 51.9 Å². The van der Waals surface area contributed by atoms with Crippen LogP contribution in [-0.4, -0.2) is 46.7 Å². The van der Waals surface area contributed by atoms with Crippen molar-refractivity contribution in [3.63, 3.8) is 0 Å². The lowest BCUT2D eigenvalue weighted by atomic mass is 9.95. The Morgan fingerprint density at radius 3 is 2.59 bits per heavy atom. The van der Waals surface area contributed by atoms with Gasteiger partial charge in [-0.3, -0.25) is 9.69 Å². The van der Waals surface area contributed by atoms with Gasteiger partial charge in [0.25, 0.3) is 0 Å². The van der Waals surface area contributed by atoms with E-state index in [-0.39, 0.29) is 17.9 Å². The minimum absolute atomic E-state index is 0.0237. The highest BCUT2D eigenvalue weighted by Crippen LogP contribution is 2.21. The molecule has 1 unspecified atom stereocenters. The predicted molar refractivity (Wildman–Crippen MR) is 122 cm³/mol. The molecule has 2 aromatic carbocycles. The number of hydrogen-bond acceptors (Lipinski definition) is 6. The summed E-state index contributed by atoms with van der Waals surface area (Å²) in [6.07, 6.45) is 1.63. The van der Waals surface area contributed by atoms with Crippen molar-refractivity contribution in [2.75, 3.05) is 19.7 Å². The second-order valence-electron chi connectivity index (χ2n) is 8.46. The van der Waals surface area contributed by atoms with E-state index in [0.29, 0.717) is 24.9 Å². The SMILES string of the molecule is Cc1ccc(OCC(C)NC(=O)C2CCN(Cc3nc(-c4ccccc4)no3)CC2)cc1. The van der Waals surface area contributed by atoms with Crippen LogP contribution in [0.1, 0.15) is 31.2 Å². The average molecular weight is 435 g/mol. The van der Waals surface area contributed by atoms with Crippen molar-refractivity contribution in [2.24, 2.45) is 5.92 Å². The molecule has 3 aromatic rings. The van der Waals surface area contributed by atoms with Gasteiger partial charge < -0.3 is 14.6 Å². The maximum absolute atomic E-state index is 12.7. The minimum atomic E-state index is -0.0448. The molecule has 7 nitrogen and oxygen atoms in total. The molecule has 0 bridgehead atoms. The summed E-state index contributed by atoms with van der Waals surface area (Å²) in [7, 11) is 0. The summed E-state index contributed by atoms with van der Waals surface area (Å²) in [6, 6.07) is 17.7. The lowest BCUT2D eigenvalue weighted by Crippen LogP contribution is -2.44. The van der Waals surface area contributed by atoms with E-state index in [1.807, 2.05) is 68.4 Å². The van der Waals surface area contributed by atoms with Gasteiger partial charge in [-0.2, -0.15) is 4.98 Å². The van der Waals surface area contributed by atoms with E-state index in [1.54, 1.807) is 0 Å². The second kappa shape index (κ2) is 10.4. The van der Waals surface area contributed by atoms with Crippen LogP contribution in [0.25, 0.3) is 11.4 Å². The van der Waals surface area contributed by atoms with Gasteiger partial charge in [0.15, 0.2) is 0 Å². The van der Waals surface area contributed by atoms with Gasteiger partial charge in [-0.1, -0.05) is 53.2 Å². The van der Waals surface area contributed by atoms with Gasteiger partial charge >= 0.3 is 0 Å². The monoisotopic (exact) mass is 434 g/mol. The zero-order chi connectivity index (χ0) is 22.3. The third-order valence-corrected chi connectivity index (χ3v) is 5.73. The topological polar surface area (TPSA) is 80.5 Å². The highest BCUT2D eigenvalue weighted by Gasteiger charge is 2.26. The first kappa shape index (κ1) is 22.0. The quantitative estimate of drug-likeness (QED) is 0.580. The molecule has 1 saturated heterocycles. The van der Waals surface area contributed by atoms with Crippen LogP contribution in [0, 0.1) is 12.8 Å². The highest BCUT2D eigenvalue weighted by atomic mass is 16.5. The first-order chi connectivity index (χ1) is 15.6. The highest BCUT2D eigenvalue weighted by molar-refractivity contribution is 5.79. The molecule has 0 saturated carbocycles. The predicted octanol–water partition coefficient (Wildman–Crippen LogP) is 3.84. The van der Waals surface area contributed by atoms with E-state index in [4.69, 9.17) is 9.26 Å². The fourth-order valence-corrected chi connectivity index (χ4v) is 3.83. The maximum Gasteiger partial charge on any atom is 0.241 e. The number of ether oxygens (including phenoxy) is 1. The number of likely N-dealkylation sites (tertiary alicyclic amines) is 1. The number of amides is 1. The van der Waals surface area contributed by atoms with Gasteiger partial charge in [0.1, 0.15) is 12.4 Å². The Morgan fingerprint density at radius 1 is 1.16 bits per heavy atom. The van der Waals surface area contributed by atoms with Gasteiger partial charge in [0.05, 0.1) is 12.6 Å². The van der Waals surface area contributed by atoms with Crippen LogP contribution < -0.4 is 10.1 Å². The molecule has 1 atom stereocenters. The lowest BCUT2D eigenvalue weighted by molar-refractivity contribution is -0.127. The molecule has 1 aliphatic rings. The van der Waals surface area contributed by atoms with Crippen LogP contribution in [0.15, 0.2) is 59.1 Å². The molecule has 0 radical (unpaired) electrons. The number of hydrogen-bond donors (Lipinski definition) is 1. The number of aryl methyl sites for hydroxylation is 1. The standard InChI is InChI=1S/C25H30N4O3/c1-18-8-10-22(11-9-18)31-17-19(2)26-25(30)21-12-14-29(15-13-21)16-23-27-24(28-32-23)20-6-4-3-5-7-20/h3-11,19,21H,12-17H2,1-2H3,(H,26,30). The van der Waals surface area contributed by atoms with E-state index in [9.17, 15) is 4.79 Å². The van der Waals surface area contributed by atoms with E-state index < -0.39 is 0 Å².